The van der Waals surface area contributed by atoms with Crippen molar-refractivity contribution in [1.82, 2.24) is 15.2 Å². The molecule has 5 rings (SSSR count). The van der Waals surface area contributed by atoms with E-state index < -0.39 is 6.04 Å². The van der Waals surface area contributed by atoms with E-state index in [0.29, 0.717) is 43.4 Å². The molecule has 2 aromatic rings. The number of carbonyl (C=O) groups excluding carboxylic acids is 2. The molecule has 186 valence electrons. The molecule has 8 nitrogen and oxygen atoms in total. The van der Waals surface area contributed by atoms with Gasteiger partial charge in [0.05, 0.1) is 25.9 Å². The first kappa shape index (κ1) is 23.6. The fourth-order valence-corrected chi connectivity index (χ4v) is 5.75. The van der Waals surface area contributed by atoms with Crippen LogP contribution in [0.1, 0.15) is 48.0 Å². The van der Waals surface area contributed by atoms with Crippen molar-refractivity contribution in [1.29, 1.82) is 0 Å². The summed E-state index contributed by atoms with van der Waals surface area (Å²) in [7, 11) is 1.57. The van der Waals surface area contributed by atoms with Crippen LogP contribution >= 0.6 is 0 Å². The number of benzene rings is 1. The SMILES string of the molecule is COc1ccccc1C(=O)N1[C@H](C(=O)NCc2ccc(N3CCOCC3)nc2)C[C@@H]2CCCC[C@@H]21. The van der Waals surface area contributed by atoms with Crippen LogP contribution in [-0.4, -0.2) is 67.2 Å². The number of aromatic nitrogens is 1. The van der Waals surface area contributed by atoms with Crippen LogP contribution in [0.5, 0.6) is 5.75 Å². The van der Waals surface area contributed by atoms with Gasteiger partial charge in [-0.15, -0.1) is 0 Å². The molecule has 2 saturated heterocycles. The number of pyridine rings is 1. The summed E-state index contributed by atoms with van der Waals surface area (Å²) >= 11 is 0. The number of carbonyl (C=O) groups is 2. The molecule has 1 N–H and O–H groups in total. The van der Waals surface area contributed by atoms with Crippen molar-refractivity contribution >= 4 is 17.6 Å². The molecule has 0 unspecified atom stereocenters. The first-order valence-electron chi connectivity index (χ1n) is 12.7. The van der Waals surface area contributed by atoms with Gasteiger partial charge >= 0.3 is 0 Å². The Morgan fingerprint density at radius 2 is 1.91 bits per heavy atom. The lowest BCUT2D eigenvalue weighted by atomic mass is 9.84. The third kappa shape index (κ3) is 4.98. The average molecular weight is 479 g/mol. The van der Waals surface area contributed by atoms with Gasteiger partial charge in [0.1, 0.15) is 17.6 Å². The summed E-state index contributed by atoms with van der Waals surface area (Å²) in [5, 5.41) is 3.08. The highest BCUT2D eigenvalue weighted by atomic mass is 16.5. The van der Waals surface area contributed by atoms with Gasteiger partial charge in [0.25, 0.3) is 5.91 Å². The van der Waals surface area contributed by atoms with E-state index in [0.717, 1.165) is 50.2 Å². The molecule has 1 aromatic carbocycles. The number of ether oxygens (including phenoxy) is 2. The number of fused-ring (bicyclic) bond motifs is 1. The Labute approximate surface area is 206 Å². The van der Waals surface area contributed by atoms with Crippen molar-refractivity contribution in [3.63, 3.8) is 0 Å². The number of para-hydroxylation sites is 1. The largest absolute Gasteiger partial charge is 0.496 e. The van der Waals surface area contributed by atoms with Crippen molar-refractivity contribution in [2.75, 3.05) is 38.3 Å². The number of nitrogens with zero attached hydrogens (tertiary/aromatic N) is 3. The minimum Gasteiger partial charge on any atom is -0.496 e. The second kappa shape index (κ2) is 10.6. The number of nitrogens with one attached hydrogen (secondary N) is 1. The lowest BCUT2D eigenvalue weighted by molar-refractivity contribution is -0.125. The summed E-state index contributed by atoms with van der Waals surface area (Å²) in [6.07, 6.45) is 6.79. The molecule has 2 amide bonds. The molecule has 1 saturated carbocycles. The highest BCUT2D eigenvalue weighted by Crippen LogP contribution is 2.41. The number of morpholine rings is 1. The third-order valence-electron chi connectivity index (χ3n) is 7.57. The van der Waals surface area contributed by atoms with Gasteiger partial charge in [-0.05, 0) is 48.9 Å². The second-order valence-electron chi connectivity index (χ2n) is 9.62. The van der Waals surface area contributed by atoms with Crippen LogP contribution in [0, 0.1) is 5.92 Å². The minimum atomic E-state index is -0.471. The van der Waals surface area contributed by atoms with E-state index in [2.05, 4.69) is 15.2 Å². The number of hydrogen-bond acceptors (Lipinski definition) is 6. The summed E-state index contributed by atoms with van der Waals surface area (Å²) in [4.78, 5) is 35.7. The smallest absolute Gasteiger partial charge is 0.258 e. The zero-order valence-electron chi connectivity index (χ0n) is 20.3. The zero-order chi connectivity index (χ0) is 24.2. The summed E-state index contributed by atoms with van der Waals surface area (Å²) in [6, 6.07) is 10.9. The molecule has 0 spiro atoms. The van der Waals surface area contributed by atoms with Crippen molar-refractivity contribution in [2.24, 2.45) is 5.92 Å². The molecule has 3 aliphatic rings. The van der Waals surface area contributed by atoms with Crippen LogP contribution in [0.4, 0.5) is 5.82 Å². The van der Waals surface area contributed by atoms with E-state index in [1.165, 1.54) is 0 Å². The number of likely N-dealkylation sites (tertiary alicyclic amines) is 1. The highest BCUT2D eigenvalue weighted by molar-refractivity contribution is 6.00. The van der Waals surface area contributed by atoms with Gasteiger partial charge in [-0.25, -0.2) is 4.98 Å². The van der Waals surface area contributed by atoms with E-state index in [9.17, 15) is 9.59 Å². The van der Waals surface area contributed by atoms with Crippen molar-refractivity contribution < 1.29 is 19.1 Å². The Kier molecular flexibility index (Phi) is 7.18. The quantitative estimate of drug-likeness (QED) is 0.687. The van der Waals surface area contributed by atoms with E-state index >= 15 is 0 Å². The Balaban J connectivity index is 1.28. The number of anilines is 1. The number of hydrogen-bond donors (Lipinski definition) is 1. The zero-order valence-corrected chi connectivity index (χ0v) is 20.3. The van der Waals surface area contributed by atoms with E-state index in [-0.39, 0.29) is 17.9 Å². The first-order valence-corrected chi connectivity index (χ1v) is 12.7. The predicted octanol–water partition coefficient (Wildman–Crippen LogP) is 3.02. The first-order chi connectivity index (χ1) is 17.2. The third-order valence-corrected chi connectivity index (χ3v) is 7.57. The molecule has 1 aliphatic carbocycles. The molecule has 8 heteroatoms. The molecule has 3 heterocycles. The van der Waals surface area contributed by atoms with E-state index in [4.69, 9.17) is 9.47 Å². The molecule has 0 radical (unpaired) electrons. The molecule has 0 bridgehead atoms. The maximum Gasteiger partial charge on any atom is 0.258 e. The lowest BCUT2D eigenvalue weighted by Crippen LogP contribution is -2.49. The monoisotopic (exact) mass is 478 g/mol. The van der Waals surface area contributed by atoms with Gasteiger partial charge in [0.15, 0.2) is 0 Å². The fourth-order valence-electron chi connectivity index (χ4n) is 5.75. The van der Waals surface area contributed by atoms with Crippen molar-refractivity contribution in [2.45, 2.75) is 50.7 Å². The maximum atomic E-state index is 13.7. The van der Waals surface area contributed by atoms with Crippen LogP contribution in [-0.2, 0) is 16.1 Å². The topological polar surface area (TPSA) is 84.0 Å². The molecule has 3 atom stereocenters. The molecule has 2 aliphatic heterocycles. The van der Waals surface area contributed by atoms with E-state index in [1.807, 2.05) is 35.4 Å². The van der Waals surface area contributed by atoms with Crippen LogP contribution in [0.25, 0.3) is 0 Å². The Hall–Kier alpha value is -3.13. The minimum absolute atomic E-state index is 0.0973. The predicted molar refractivity (Wildman–Crippen MR) is 132 cm³/mol. The molecule has 3 fully saturated rings. The summed E-state index contributed by atoms with van der Waals surface area (Å²) in [5.74, 6) is 1.63. The normalized spacial score (nSPS) is 24.1. The molecular weight excluding hydrogens is 444 g/mol. The van der Waals surface area contributed by atoms with Crippen molar-refractivity contribution in [3.05, 3.63) is 53.7 Å². The van der Waals surface area contributed by atoms with Crippen LogP contribution in [0.3, 0.4) is 0 Å². The van der Waals surface area contributed by atoms with Gasteiger partial charge < -0.3 is 24.6 Å². The number of amides is 2. The number of rotatable bonds is 6. The summed E-state index contributed by atoms with van der Waals surface area (Å²) in [5.41, 5.74) is 1.45. The Morgan fingerprint density at radius 3 is 2.69 bits per heavy atom. The fraction of sp³-hybridized carbons (Fsp3) is 0.519. The average Bonchev–Trinajstić information content (AvgIpc) is 3.32. The van der Waals surface area contributed by atoms with Crippen LogP contribution in [0.15, 0.2) is 42.6 Å². The maximum absolute atomic E-state index is 13.7. The standard InChI is InChI=1S/C27H34N4O4/c1-34-24-9-5-3-7-21(24)27(33)31-22-8-4-2-6-20(22)16-23(31)26(32)29-18-19-10-11-25(28-17-19)30-12-14-35-15-13-30/h3,5,7,9-11,17,20,22-23H,2,4,6,8,12-16,18H2,1H3,(H,29,32)/t20-,22-,23-/m0/s1. The molecular formula is C27H34N4O4. The van der Waals surface area contributed by atoms with Gasteiger partial charge in [-0.3, -0.25) is 9.59 Å². The molecule has 1 aromatic heterocycles. The summed E-state index contributed by atoms with van der Waals surface area (Å²) in [6.45, 7) is 3.49. The highest BCUT2D eigenvalue weighted by Gasteiger charge is 2.47. The second-order valence-corrected chi connectivity index (χ2v) is 9.62. The Bertz CT molecular complexity index is 1040. The van der Waals surface area contributed by atoms with E-state index in [1.54, 1.807) is 19.2 Å². The number of methoxy groups -OCH3 is 1. The van der Waals surface area contributed by atoms with Crippen LogP contribution < -0.4 is 15.0 Å². The van der Waals surface area contributed by atoms with Gasteiger partial charge in [-0.1, -0.05) is 31.0 Å². The van der Waals surface area contributed by atoms with Crippen LogP contribution in [0.2, 0.25) is 0 Å². The Morgan fingerprint density at radius 1 is 1.11 bits per heavy atom. The summed E-state index contributed by atoms with van der Waals surface area (Å²) < 4.78 is 10.9. The van der Waals surface area contributed by atoms with Gasteiger partial charge in [-0.2, -0.15) is 0 Å². The van der Waals surface area contributed by atoms with Gasteiger partial charge in [0.2, 0.25) is 5.91 Å². The lowest BCUT2D eigenvalue weighted by Gasteiger charge is -2.34. The van der Waals surface area contributed by atoms with Crippen molar-refractivity contribution in [3.8, 4) is 5.75 Å². The van der Waals surface area contributed by atoms with Gasteiger partial charge in [0, 0.05) is 31.9 Å². The molecule has 35 heavy (non-hydrogen) atoms.